The first-order valence-electron chi connectivity index (χ1n) is 24.0. The predicted molar refractivity (Wildman–Crippen MR) is 256 cm³/mol. The second-order valence-electron chi connectivity index (χ2n) is 15.4. The molecule has 0 aromatic carbocycles. The molecule has 0 spiro atoms. The molecule has 338 valence electrons. The van der Waals surface area contributed by atoms with Crippen LogP contribution in [-0.2, 0) is 28.6 Å². The first kappa shape index (κ1) is 56.1. The van der Waals surface area contributed by atoms with Gasteiger partial charge in [0.25, 0.3) is 0 Å². The highest BCUT2D eigenvalue weighted by atomic mass is 16.6. The van der Waals surface area contributed by atoms with Crippen LogP contribution in [0.4, 0.5) is 0 Å². The molecule has 0 fully saturated rings. The third-order valence-electron chi connectivity index (χ3n) is 9.65. The molecule has 0 saturated carbocycles. The molecule has 0 aromatic rings. The number of allylic oxidation sites excluding steroid dienone is 17. The fourth-order valence-electron chi connectivity index (χ4n) is 6.09. The van der Waals surface area contributed by atoms with Gasteiger partial charge in [0.2, 0.25) is 0 Å². The molecule has 60 heavy (non-hydrogen) atoms. The van der Waals surface area contributed by atoms with Crippen molar-refractivity contribution in [1.29, 1.82) is 0 Å². The fraction of sp³-hybridized carbons (Fsp3) is 0.611. The van der Waals surface area contributed by atoms with E-state index in [2.05, 4.69) is 93.7 Å². The van der Waals surface area contributed by atoms with Crippen molar-refractivity contribution in [2.45, 2.75) is 200 Å². The van der Waals surface area contributed by atoms with Gasteiger partial charge in [-0.2, -0.15) is 0 Å². The number of hydrogen-bond donors (Lipinski definition) is 0. The number of hydrogen-bond acceptors (Lipinski definition) is 6. The van der Waals surface area contributed by atoms with Gasteiger partial charge < -0.3 is 14.2 Å². The molecule has 0 amide bonds. The molecule has 0 aromatic heterocycles. The van der Waals surface area contributed by atoms with Gasteiger partial charge in [-0.1, -0.05) is 207 Å². The Kier molecular flexibility index (Phi) is 44.6. The zero-order valence-electron chi connectivity index (χ0n) is 38.4. The predicted octanol–water partition coefficient (Wildman–Crippen LogP) is 15.6. The van der Waals surface area contributed by atoms with E-state index in [4.69, 9.17) is 14.2 Å². The van der Waals surface area contributed by atoms with E-state index in [0.717, 1.165) is 103 Å². The van der Waals surface area contributed by atoms with E-state index in [0.29, 0.717) is 6.42 Å². The van der Waals surface area contributed by atoms with Crippen molar-refractivity contribution >= 4 is 17.9 Å². The van der Waals surface area contributed by atoms with Crippen LogP contribution in [-0.4, -0.2) is 37.2 Å². The van der Waals surface area contributed by atoms with Crippen LogP contribution < -0.4 is 0 Å². The number of carbonyl (C=O) groups is 3. The maximum absolute atomic E-state index is 12.7. The topological polar surface area (TPSA) is 78.9 Å². The largest absolute Gasteiger partial charge is 0.462 e. The molecule has 6 heteroatoms. The maximum atomic E-state index is 12.7. The number of ether oxygens (including phenoxy) is 3. The van der Waals surface area contributed by atoms with Gasteiger partial charge in [-0.25, -0.2) is 0 Å². The summed E-state index contributed by atoms with van der Waals surface area (Å²) >= 11 is 0. The zero-order valence-corrected chi connectivity index (χ0v) is 38.4. The third kappa shape index (κ3) is 45.2. The van der Waals surface area contributed by atoms with E-state index >= 15 is 0 Å². The molecular weight excluding hydrogens is 745 g/mol. The lowest BCUT2D eigenvalue weighted by molar-refractivity contribution is -0.166. The highest BCUT2D eigenvalue weighted by molar-refractivity contribution is 5.72. The lowest BCUT2D eigenvalue weighted by atomic mass is 10.1. The van der Waals surface area contributed by atoms with Gasteiger partial charge in [0, 0.05) is 12.8 Å². The maximum Gasteiger partial charge on any atom is 0.309 e. The summed E-state index contributed by atoms with van der Waals surface area (Å²) in [7, 11) is 0. The molecule has 0 radical (unpaired) electrons. The standard InChI is InChI=1S/C54H86O6/c1-4-7-10-13-16-19-21-23-25-26-27-29-30-32-35-38-41-44-47-53(56)59-50-51(49-58-52(55)46-43-40-37-34-18-15-12-9-6-3)60-54(57)48-45-42-39-36-33-31-28-24-22-20-17-14-11-8-5-2/h8-9,11-12,14,17-18,20,22,24-29,34,40,43,51H,4-7,10,13,15-16,19,21,23,30-33,35-39,41-42,44-50H2,1-3H3/b11-8-,12-9-,17-14-,22-20-,26-25-,28-24-,29-27-,34-18-,43-40-. The first-order chi connectivity index (χ1) is 29.5. The quantitative estimate of drug-likeness (QED) is 0.0201. The smallest absolute Gasteiger partial charge is 0.309 e. The Morgan fingerprint density at radius 3 is 1.32 bits per heavy atom. The van der Waals surface area contributed by atoms with Crippen LogP contribution in [0.1, 0.15) is 194 Å². The molecule has 0 heterocycles. The number of unbranched alkanes of at least 4 members (excludes halogenated alkanes) is 17. The van der Waals surface area contributed by atoms with Crippen molar-refractivity contribution < 1.29 is 28.6 Å². The van der Waals surface area contributed by atoms with Crippen LogP contribution in [0.3, 0.4) is 0 Å². The second kappa shape index (κ2) is 47.7. The molecule has 0 bridgehead atoms. The molecule has 0 aliphatic rings. The van der Waals surface area contributed by atoms with Gasteiger partial charge in [-0.15, -0.1) is 0 Å². The van der Waals surface area contributed by atoms with Crippen LogP contribution in [0.25, 0.3) is 0 Å². The normalized spacial score (nSPS) is 13.1. The number of rotatable bonds is 41. The van der Waals surface area contributed by atoms with E-state index in [-0.39, 0.29) is 38.0 Å². The van der Waals surface area contributed by atoms with Crippen LogP contribution in [0.15, 0.2) is 109 Å². The van der Waals surface area contributed by atoms with E-state index in [1.54, 1.807) is 6.08 Å². The monoisotopic (exact) mass is 831 g/mol. The number of carbonyl (C=O) groups excluding carboxylic acids is 3. The molecular formula is C54H86O6. The van der Waals surface area contributed by atoms with Crippen LogP contribution in [0.2, 0.25) is 0 Å². The molecule has 6 nitrogen and oxygen atoms in total. The number of esters is 3. The lowest BCUT2D eigenvalue weighted by Gasteiger charge is -2.18. The average Bonchev–Trinajstić information content (AvgIpc) is 3.24. The second-order valence-corrected chi connectivity index (χ2v) is 15.4. The molecule has 0 rings (SSSR count). The summed E-state index contributed by atoms with van der Waals surface area (Å²) in [4.78, 5) is 37.7. The van der Waals surface area contributed by atoms with Crippen molar-refractivity contribution in [2.75, 3.05) is 13.2 Å². The van der Waals surface area contributed by atoms with E-state index in [1.807, 2.05) is 30.4 Å². The minimum Gasteiger partial charge on any atom is -0.462 e. The van der Waals surface area contributed by atoms with Gasteiger partial charge >= 0.3 is 17.9 Å². The highest BCUT2D eigenvalue weighted by Gasteiger charge is 2.19. The van der Waals surface area contributed by atoms with Gasteiger partial charge in [-0.05, 0) is 77.0 Å². The Hall–Kier alpha value is -3.93. The summed E-state index contributed by atoms with van der Waals surface area (Å²) < 4.78 is 16.6. The summed E-state index contributed by atoms with van der Waals surface area (Å²) in [6, 6.07) is 0. The molecule has 0 aliphatic heterocycles. The third-order valence-corrected chi connectivity index (χ3v) is 9.65. The molecule has 0 N–H and O–H groups in total. The molecule has 1 atom stereocenters. The lowest BCUT2D eigenvalue weighted by Crippen LogP contribution is -2.30. The van der Waals surface area contributed by atoms with Crippen molar-refractivity contribution in [2.24, 2.45) is 0 Å². The Morgan fingerprint density at radius 1 is 0.383 bits per heavy atom. The Bertz CT molecular complexity index is 1280. The van der Waals surface area contributed by atoms with E-state index in [9.17, 15) is 14.4 Å². The summed E-state index contributed by atoms with van der Waals surface area (Å²) in [6.07, 6.45) is 63.9. The van der Waals surface area contributed by atoms with Gasteiger partial charge in [0.05, 0.1) is 6.42 Å². The van der Waals surface area contributed by atoms with Crippen LogP contribution in [0.5, 0.6) is 0 Å². The van der Waals surface area contributed by atoms with Gasteiger partial charge in [-0.3, -0.25) is 14.4 Å². The Morgan fingerprint density at radius 2 is 0.783 bits per heavy atom. The Labute approximate surface area is 368 Å². The molecule has 0 aliphatic carbocycles. The van der Waals surface area contributed by atoms with Crippen LogP contribution in [0, 0.1) is 0 Å². The van der Waals surface area contributed by atoms with Gasteiger partial charge in [0.1, 0.15) is 13.2 Å². The summed E-state index contributed by atoms with van der Waals surface area (Å²) in [5, 5.41) is 0. The molecule has 1 unspecified atom stereocenters. The van der Waals surface area contributed by atoms with Crippen molar-refractivity contribution in [3.63, 3.8) is 0 Å². The SMILES string of the molecule is CC\C=C/C=C\C=C/C=C\CCCCCCCC(=O)OC(COC(=O)C/C=C\C/C=C\C/C=C\CC)COC(=O)CCCCCCC/C=C\C=C/CCCCCCCCC. The van der Waals surface area contributed by atoms with Crippen LogP contribution >= 0.6 is 0 Å². The van der Waals surface area contributed by atoms with Crippen molar-refractivity contribution in [3.8, 4) is 0 Å². The summed E-state index contributed by atoms with van der Waals surface area (Å²) in [6.45, 7) is 6.22. The first-order valence-corrected chi connectivity index (χ1v) is 24.0. The highest BCUT2D eigenvalue weighted by Crippen LogP contribution is 2.12. The van der Waals surface area contributed by atoms with E-state index < -0.39 is 12.1 Å². The minimum absolute atomic E-state index is 0.123. The molecule has 0 saturated heterocycles. The summed E-state index contributed by atoms with van der Waals surface area (Å²) in [5.41, 5.74) is 0. The fourth-order valence-corrected chi connectivity index (χ4v) is 6.09. The summed E-state index contributed by atoms with van der Waals surface area (Å²) in [5.74, 6) is -1.10. The van der Waals surface area contributed by atoms with Crippen molar-refractivity contribution in [1.82, 2.24) is 0 Å². The zero-order chi connectivity index (χ0) is 43.7. The van der Waals surface area contributed by atoms with E-state index in [1.165, 1.54) is 51.4 Å². The Balaban J connectivity index is 4.47. The van der Waals surface area contributed by atoms with Crippen molar-refractivity contribution in [3.05, 3.63) is 109 Å². The minimum atomic E-state index is -0.833. The average molecular weight is 831 g/mol. The van der Waals surface area contributed by atoms with Gasteiger partial charge in [0.15, 0.2) is 6.10 Å².